The summed E-state index contributed by atoms with van der Waals surface area (Å²) in [6.45, 7) is 0.633. The van der Waals surface area contributed by atoms with Gasteiger partial charge in [0, 0.05) is 73.4 Å². The predicted molar refractivity (Wildman–Crippen MR) is 262 cm³/mol. The Morgan fingerprint density at radius 2 is 1.20 bits per heavy atom. The van der Waals surface area contributed by atoms with Crippen LogP contribution in [0.15, 0.2) is 133 Å². The third kappa shape index (κ3) is 13.7. The Balaban J connectivity index is 0.920. The fourth-order valence-electron chi connectivity index (χ4n) is 6.41. The van der Waals surface area contributed by atoms with E-state index in [0.29, 0.717) is 35.5 Å². The number of hydrogen-bond donors (Lipinski definition) is 1. The van der Waals surface area contributed by atoms with E-state index in [1.54, 1.807) is 48.5 Å². The Bertz CT molecular complexity index is 2550. The first-order valence-corrected chi connectivity index (χ1v) is 22.2. The summed E-state index contributed by atoms with van der Waals surface area (Å²) in [4.78, 5) is 55.1. The minimum absolute atomic E-state index is 0.0896. The number of benzene rings is 4. The molecule has 1 N–H and O–H groups in total. The second-order valence-corrected chi connectivity index (χ2v) is 19.4. The summed E-state index contributed by atoms with van der Waals surface area (Å²) in [5.74, 6) is -0.715. The number of rotatable bonds is 14. The number of ketones is 1. The Labute approximate surface area is 402 Å². The lowest BCUT2D eigenvalue weighted by Gasteiger charge is -2.19. The normalized spacial score (nSPS) is 14.5. The van der Waals surface area contributed by atoms with Crippen molar-refractivity contribution in [2.75, 3.05) is 42.8 Å². The SMILES string of the molecule is CN(C)c1ccc(C=CC=C2CCC(=CC=Cc3ccc(N(C)CCCC(=O)Oc4ccc(C(=O)Nc5ccc(-c6nc(C(Cl)(Cl)Cl)nc(C(Cl)(Cl)Cl)n6)cc5)cc4)cc3)C2=O)cc1. The van der Waals surface area contributed by atoms with Crippen LogP contribution in [0.1, 0.15) is 58.8 Å². The quantitative estimate of drug-likeness (QED) is 0.0502. The number of allylic oxidation sites excluding steroid dienone is 6. The van der Waals surface area contributed by atoms with E-state index >= 15 is 0 Å². The Hall–Kier alpha value is -5.20. The maximum absolute atomic E-state index is 13.0. The molecule has 4 aromatic carbocycles. The van der Waals surface area contributed by atoms with Crippen molar-refractivity contribution < 1.29 is 19.1 Å². The molecule has 0 saturated heterocycles. The highest BCUT2D eigenvalue weighted by molar-refractivity contribution is 6.67. The molecule has 1 aliphatic rings. The van der Waals surface area contributed by atoms with Crippen LogP contribution in [0.2, 0.25) is 0 Å². The summed E-state index contributed by atoms with van der Waals surface area (Å²) < 4.78 is 1.52. The highest BCUT2D eigenvalue weighted by Gasteiger charge is 2.34. The van der Waals surface area contributed by atoms with Crippen LogP contribution in [-0.2, 0) is 17.2 Å². The minimum atomic E-state index is -2.00. The zero-order valence-corrected chi connectivity index (χ0v) is 39.4. The first kappa shape index (κ1) is 48.3. The van der Waals surface area contributed by atoms with Gasteiger partial charge in [0.1, 0.15) is 5.75 Å². The molecule has 16 heteroatoms. The van der Waals surface area contributed by atoms with Gasteiger partial charge in [-0.2, -0.15) is 0 Å². The number of aromatic nitrogens is 3. The number of Topliss-reactive ketones (excluding diaryl/α,β-unsaturated/α-hetero) is 1. The number of alkyl halides is 6. The van der Waals surface area contributed by atoms with Crippen LogP contribution in [0.25, 0.3) is 23.5 Å². The summed E-state index contributed by atoms with van der Waals surface area (Å²) in [6, 6.07) is 29.1. The summed E-state index contributed by atoms with van der Waals surface area (Å²) in [5.41, 5.74) is 7.16. The van der Waals surface area contributed by atoms with Crippen molar-refractivity contribution in [1.29, 1.82) is 0 Å². The van der Waals surface area contributed by atoms with E-state index in [2.05, 4.69) is 54.3 Å². The second-order valence-electron chi connectivity index (χ2n) is 14.9. The van der Waals surface area contributed by atoms with Crippen molar-refractivity contribution in [1.82, 2.24) is 15.0 Å². The molecule has 6 rings (SSSR count). The number of ether oxygens (including phenoxy) is 1. The lowest BCUT2D eigenvalue weighted by molar-refractivity contribution is -0.134. The van der Waals surface area contributed by atoms with E-state index in [9.17, 15) is 14.4 Å². The van der Waals surface area contributed by atoms with Gasteiger partial charge in [-0.1, -0.05) is 130 Å². The van der Waals surface area contributed by atoms with Gasteiger partial charge in [-0.25, -0.2) is 15.0 Å². The molecule has 0 radical (unpaired) electrons. The maximum Gasteiger partial charge on any atom is 0.311 e. The number of carbonyl (C=O) groups excluding carboxylic acids is 3. The van der Waals surface area contributed by atoms with Gasteiger partial charge in [-0.15, -0.1) is 0 Å². The van der Waals surface area contributed by atoms with E-state index in [-0.39, 0.29) is 41.6 Å². The molecule has 1 aliphatic carbocycles. The molecular weight excluding hydrogens is 937 g/mol. The lowest BCUT2D eigenvalue weighted by atomic mass is 10.1. The van der Waals surface area contributed by atoms with Gasteiger partial charge in [-0.3, -0.25) is 14.4 Å². The third-order valence-corrected chi connectivity index (χ3v) is 10.9. The molecule has 0 unspecified atom stereocenters. The highest BCUT2D eigenvalue weighted by atomic mass is 35.6. The van der Waals surface area contributed by atoms with Gasteiger partial charge < -0.3 is 19.9 Å². The fourth-order valence-corrected chi connectivity index (χ4v) is 6.91. The van der Waals surface area contributed by atoms with Gasteiger partial charge in [0.2, 0.25) is 7.59 Å². The molecule has 0 bridgehead atoms. The molecular formula is C48H42Cl6N6O4. The zero-order valence-electron chi connectivity index (χ0n) is 34.9. The number of nitrogens with zero attached hydrogens (tertiary/aromatic N) is 5. The molecule has 64 heavy (non-hydrogen) atoms. The molecule has 0 aliphatic heterocycles. The minimum Gasteiger partial charge on any atom is -0.427 e. The fraction of sp³-hybridized carbons (Fsp3) is 0.208. The van der Waals surface area contributed by atoms with Crippen LogP contribution in [0, 0.1) is 0 Å². The second kappa shape index (κ2) is 21.7. The lowest BCUT2D eigenvalue weighted by Crippen LogP contribution is -2.20. The van der Waals surface area contributed by atoms with Gasteiger partial charge in [0.05, 0.1) is 0 Å². The number of nitrogens with one attached hydrogen (secondary N) is 1. The number of anilines is 3. The van der Waals surface area contributed by atoms with Crippen LogP contribution in [-0.4, -0.2) is 60.3 Å². The van der Waals surface area contributed by atoms with E-state index < -0.39 is 7.59 Å². The highest BCUT2D eigenvalue weighted by Crippen LogP contribution is 2.41. The topological polar surface area (TPSA) is 118 Å². The number of esters is 1. The summed E-state index contributed by atoms with van der Waals surface area (Å²) in [5, 5.41) is 2.80. The van der Waals surface area contributed by atoms with Crippen molar-refractivity contribution in [3.05, 3.63) is 161 Å². The van der Waals surface area contributed by atoms with Gasteiger partial charge in [0.25, 0.3) is 5.91 Å². The third-order valence-electron chi connectivity index (χ3n) is 9.93. The summed E-state index contributed by atoms with van der Waals surface area (Å²) in [6.07, 6.45) is 13.9. The van der Waals surface area contributed by atoms with Crippen molar-refractivity contribution in [2.24, 2.45) is 0 Å². The molecule has 0 atom stereocenters. The number of carbonyl (C=O) groups is 3. The predicted octanol–water partition coefficient (Wildman–Crippen LogP) is 12.3. The number of hydrogen-bond acceptors (Lipinski definition) is 9. The van der Waals surface area contributed by atoms with Crippen molar-refractivity contribution in [3.63, 3.8) is 0 Å². The Kier molecular flexibility index (Phi) is 16.3. The zero-order chi connectivity index (χ0) is 46.0. The molecule has 1 fully saturated rings. The Morgan fingerprint density at radius 3 is 1.70 bits per heavy atom. The van der Waals surface area contributed by atoms with Crippen LogP contribution in [0.3, 0.4) is 0 Å². The first-order chi connectivity index (χ1) is 30.4. The van der Waals surface area contributed by atoms with E-state index in [1.807, 2.05) is 81.9 Å². The van der Waals surface area contributed by atoms with E-state index in [0.717, 1.165) is 46.5 Å². The number of halogens is 6. The van der Waals surface area contributed by atoms with Crippen LogP contribution < -0.4 is 19.9 Å². The Morgan fingerprint density at radius 1 is 0.688 bits per heavy atom. The maximum atomic E-state index is 13.0. The van der Waals surface area contributed by atoms with Crippen molar-refractivity contribution in [3.8, 4) is 17.1 Å². The van der Waals surface area contributed by atoms with Crippen LogP contribution >= 0.6 is 69.6 Å². The largest absolute Gasteiger partial charge is 0.427 e. The molecule has 0 spiro atoms. The molecule has 1 saturated carbocycles. The monoisotopic (exact) mass is 976 g/mol. The molecule has 330 valence electrons. The summed E-state index contributed by atoms with van der Waals surface area (Å²) in [7, 11) is 5.99. The molecule has 1 heterocycles. The van der Waals surface area contributed by atoms with Gasteiger partial charge in [-0.05, 0) is 103 Å². The molecule has 10 nitrogen and oxygen atoms in total. The first-order valence-electron chi connectivity index (χ1n) is 19.9. The number of amides is 1. The van der Waals surface area contributed by atoms with Crippen molar-refractivity contribution in [2.45, 2.75) is 33.3 Å². The van der Waals surface area contributed by atoms with E-state index in [4.69, 9.17) is 74.3 Å². The van der Waals surface area contributed by atoms with Crippen molar-refractivity contribution >= 4 is 116 Å². The average molecular weight is 980 g/mol. The smallest absolute Gasteiger partial charge is 0.311 e. The molecule has 1 amide bonds. The molecule has 1 aromatic heterocycles. The van der Waals surface area contributed by atoms with Crippen LogP contribution in [0.4, 0.5) is 17.1 Å². The van der Waals surface area contributed by atoms with Crippen LogP contribution in [0.5, 0.6) is 5.75 Å². The average Bonchev–Trinajstić information content (AvgIpc) is 3.61. The van der Waals surface area contributed by atoms with Gasteiger partial charge in [0.15, 0.2) is 23.3 Å². The standard InChI is InChI=1S/C48H42Cl6N6O4/c1-59(2)38-24-12-31(13-25-38)7-4-9-33-16-17-34(42(33)62)10-5-8-32-14-26-39(27-15-32)60(3)30-6-11-41(61)64-40-28-20-36(21-29-40)44(63)55-37-22-18-35(19-23-37)43-56-45(47(49,50)51)58-46(57-43)48(52,53)54/h4-5,7-10,12-15,18-29H,6,11,16-17,30H2,1-3H3,(H,55,63). The van der Waals surface area contributed by atoms with E-state index in [1.165, 1.54) is 0 Å². The van der Waals surface area contributed by atoms with Gasteiger partial charge >= 0.3 is 5.97 Å². The molecule has 5 aromatic rings. The summed E-state index contributed by atoms with van der Waals surface area (Å²) >= 11 is 35.9.